The highest BCUT2D eigenvalue weighted by molar-refractivity contribution is 4.92. The van der Waals surface area contributed by atoms with Crippen LogP contribution in [-0.4, -0.2) is 5.54 Å². The second-order valence-electron chi connectivity index (χ2n) is 4.97. The van der Waals surface area contributed by atoms with Crippen molar-refractivity contribution in [1.29, 1.82) is 5.26 Å². The average Bonchev–Trinajstić information content (AvgIpc) is 2.25. The fourth-order valence-electron chi connectivity index (χ4n) is 2.09. The lowest BCUT2D eigenvalue weighted by molar-refractivity contribution is 0.343. The molecule has 0 saturated carbocycles. The van der Waals surface area contributed by atoms with Gasteiger partial charge in [-0.25, -0.2) is 0 Å². The predicted molar refractivity (Wildman–Crippen MR) is 70.0 cm³/mol. The lowest BCUT2D eigenvalue weighted by Gasteiger charge is -2.27. The Morgan fingerprint density at radius 1 is 0.938 bits per heavy atom. The van der Waals surface area contributed by atoms with Gasteiger partial charge in [-0.15, -0.1) is 0 Å². The van der Waals surface area contributed by atoms with Crippen molar-refractivity contribution in [3.63, 3.8) is 0 Å². The normalized spacial score (nSPS) is 14.4. The van der Waals surface area contributed by atoms with Crippen molar-refractivity contribution >= 4 is 0 Å². The highest BCUT2D eigenvalue weighted by atomic mass is 14.7. The van der Waals surface area contributed by atoms with Gasteiger partial charge in [0.25, 0.3) is 0 Å². The summed E-state index contributed by atoms with van der Waals surface area (Å²) in [5.41, 5.74) is 6.10. The van der Waals surface area contributed by atoms with Gasteiger partial charge in [0.1, 0.15) is 0 Å². The van der Waals surface area contributed by atoms with Crippen molar-refractivity contribution in [2.24, 2.45) is 5.73 Å². The zero-order valence-electron chi connectivity index (χ0n) is 11.1. The van der Waals surface area contributed by atoms with Crippen LogP contribution in [0.15, 0.2) is 0 Å². The monoisotopic (exact) mass is 224 g/mol. The van der Waals surface area contributed by atoms with Crippen LogP contribution in [0.3, 0.4) is 0 Å². The Morgan fingerprint density at radius 3 is 1.94 bits per heavy atom. The third-order valence-corrected chi connectivity index (χ3v) is 3.24. The third-order valence-electron chi connectivity index (χ3n) is 3.24. The molecule has 0 heterocycles. The van der Waals surface area contributed by atoms with Gasteiger partial charge in [-0.1, -0.05) is 58.8 Å². The molecule has 0 fully saturated rings. The summed E-state index contributed by atoms with van der Waals surface area (Å²) >= 11 is 0. The summed E-state index contributed by atoms with van der Waals surface area (Å²) in [4.78, 5) is 0. The molecule has 2 N–H and O–H groups in total. The van der Waals surface area contributed by atoms with Crippen LogP contribution in [-0.2, 0) is 0 Å². The summed E-state index contributed by atoms with van der Waals surface area (Å²) in [5, 5.41) is 8.83. The first-order valence-electron chi connectivity index (χ1n) is 6.84. The summed E-state index contributed by atoms with van der Waals surface area (Å²) < 4.78 is 0. The SMILES string of the molecule is CCCCCCC(N)(CC#N)CCCCC. The second kappa shape index (κ2) is 9.66. The molecule has 2 nitrogen and oxygen atoms in total. The number of hydrogen-bond donors (Lipinski definition) is 1. The second-order valence-corrected chi connectivity index (χ2v) is 4.97. The topological polar surface area (TPSA) is 49.8 Å². The van der Waals surface area contributed by atoms with Gasteiger partial charge in [0.15, 0.2) is 0 Å². The molecule has 0 aromatic carbocycles. The highest BCUT2D eigenvalue weighted by Gasteiger charge is 2.23. The molecule has 0 amide bonds. The fraction of sp³-hybridized carbons (Fsp3) is 0.929. The van der Waals surface area contributed by atoms with Crippen molar-refractivity contribution in [3.05, 3.63) is 0 Å². The molecule has 0 aromatic heterocycles. The van der Waals surface area contributed by atoms with E-state index in [-0.39, 0.29) is 5.54 Å². The van der Waals surface area contributed by atoms with Crippen molar-refractivity contribution < 1.29 is 0 Å². The van der Waals surface area contributed by atoms with Crippen LogP contribution in [0.4, 0.5) is 0 Å². The highest BCUT2D eigenvalue weighted by Crippen LogP contribution is 2.23. The number of rotatable bonds is 10. The van der Waals surface area contributed by atoms with Gasteiger partial charge < -0.3 is 5.73 Å². The lowest BCUT2D eigenvalue weighted by atomic mass is 9.85. The summed E-state index contributed by atoms with van der Waals surface area (Å²) in [5.74, 6) is 0. The summed E-state index contributed by atoms with van der Waals surface area (Å²) in [6.45, 7) is 4.41. The van der Waals surface area contributed by atoms with E-state index in [2.05, 4.69) is 19.9 Å². The van der Waals surface area contributed by atoms with Crippen LogP contribution in [0.1, 0.15) is 78.1 Å². The molecule has 1 atom stereocenters. The molecule has 94 valence electrons. The maximum atomic E-state index is 8.83. The molecule has 0 aliphatic carbocycles. The molecule has 1 unspecified atom stereocenters. The molecule has 0 saturated heterocycles. The van der Waals surface area contributed by atoms with Gasteiger partial charge in [0.05, 0.1) is 12.5 Å². The molecule has 0 bridgehead atoms. The lowest BCUT2D eigenvalue weighted by Crippen LogP contribution is -2.39. The van der Waals surface area contributed by atoms with E-state index in [4.69, 9.17) is 11.0 Å². The van der Waals surface area contributed by atoms with Crippen molar-refractivity contribution in [2.75, 3.05) is 0 Å². The maximum absolute atomic E-state index is 8.83. The number of unbranched alkanes of at least 4 members (excludes halogenated alkanes) is 5. The van der Waals surface area contributed by atoms with Crippen LogP contribution >= 0.6 is 0 Å². The Kier molecular flexibility index (Phi) is 9.33. The Hall–Kier alpha value is -0.550. The standard InChI is InChI=1S/C14H28N2/c1-3-5-7-9-11-14(16,12-13-15)10-8-6-4-2/h3-12,16H2,1-2H3. The van der Waals surface area contributed by atoms with E-state index >= 15 is 0 Å². The van der Waals surface area contributed by atoms with Gasteiger partial charge in [-0.2, -0.15) is 5.26 Å². The molecule has 0 aliphatic heterocycles. The Morgan fingerprint density at radius 2 is 1.44 bits per heavy atom. The van der Waals surface area contributed by atoms with Crippen molar-refractivity contribution in [3.8, 4) is 6.07 Å². The number of nitrogens with two attached hydrogens (primary N) is 1. The number of nitrogens with zero attached hydrogens (tertiary/aromatic N) is 1. The van der Waals surface area contributed by atoms with E-state index in [9.17, 15) is 0 Å². The van der Waals surface area contributed by atoms with Crippen LogP contribution < -0.4 is 5.73 Å². The minimum Gasteiger partial charge on any atom is -0.324 e. The molecule has 0 rings (SSSR count). The minimum atomic E-state index is -0.211. The van der Waals surface area contributed by atoms with Gasteiger partial charge in [-0.3, -0.25) is 0 Å². The fourth-order valence-corrected chi connectivity index (χ4v) is 2.09. The maximum Gasteiger partial charge on any atom is 0.0641 e. The van der Waals surface area contributed by atoms with Crippen LogP contribution in [0.5, 0.6) is 0 Å². The Balaban J connectivity index is 3.86. The first kappa shape index (κ1) is 15.4. The molecular weight excluding hydrogens is 196 g/mol. The van der Waals surface area contributed by atoms with Gasteiger partial charge in [0, 0.05) is 5.54 Å². The molecule has 0 aromatic rings. The predicted octanol–water partition coefficient (Wildman–Crippen LogP) is 4.15. The summed E-state index contributed by atoms with van der Waals surface area (Å²) in [6, 6.07) is 2.25. The van der Waals surface area contributed by atoms with E-state index in [1.807, 2.05) is 0 Å². The van der Waals surface area contributed by atoms with Gasteiger partial charge in [0.2, 0.25) is 0 Å². The van der Waals surface area contributed by atoms with Crippen LogP contribution in [0, 0.1) is 11.3 Å². The van der Waals surface area contributed by atoms with Gasteiger partial charge >= 0.3 is 0 Å². The molecule has 2 heteroatoms. The minimum absolute atomic E-state index is 0.211. The zero-order chi connectivity index (χ0) is 12.3. The van der Waals surface area contributed by atoms with Crippen molar-refractivity contribution in [1.82, 2.24) is 0 Å². The van der Waals surface area contributed by atoms with Crippen LogP contribution in [0.2, 0.25) is 0 Å². The Labute approximate surface area is 101 Å². The van der Waals surface area contributed by atoms with E-state index in [0.717, 1.165) is 12.8 Å². The molecule has 16 heavy (non-hydrogen) atoms. The van der Waals surface area contributed by atoms with Gasteiger partial charge in [-0.05, 0) is 12.8 Å². The molecule has 0 spiro atoms. The summed E-state index contributed by atoms with van der Waals surface area (Å²) in [6.07, 6.45) is 11.2. The van der Waals surface area contributed by atoms with E-state index in [1.165, 1.54) is 44.9 Å². The molecule has 0 radical (unpaired) electrons. The van der Waals surface area contributed by atoms with Crippen molar-refractivity contribution in [2.45, 2.75) is 83.6 Å². The van der Waals surface area contributed by atoms with E-state index in [0.29, 0.717) is 6.42 Å². The quantitative estimate of drug-likeness (QED) is 0.567. The number of nitriles is 1. The smallest absolute Gasteiger partial charge is 0.0641 e. The number of hydrogen-bond acceptors (Lipinski definition) is 2. The Bertz CT molecular complexity index is 195. The average molecular weight is 224 g/mol. The van der Waals surface area contributed by atoms with E-state index < -0.39 is 0 Å². The van der Waals surface area contributed by atoms with Crippen LogP contribution in [0.25, 0.3) is 0 Å². The molecular formula is C14H28N2. The molecule has 0 aliphatic rings. The summed E-state index contributed by atoms with van der Waals surface area (Å²) in [7, 11) is 0. The largest absolute Gasteiger partial charge is 0.324 e. The third kappa shape index (κ3) is 7.70. The first-order chi connectivity index (χ1) is 7.68. The van der Waals surface area contributed by atoms with E-state index in [1.54, 1.807) is 0 Å². The first-order valence-corrected chi connectivity index (χ1v) is 6.84. The zero-order valence-corrected chi connectivity index (χ0v) is 11.1.